The molecule has 3 heteroatoms. The summed E-state index contributed by atoms with van der Waals surface area (Å²) in [5, 5.41) is 18.8. The van der Waals surface area contributed by atoms with Gasteiger partial charge in [-0.15, -0.1) is 0 Å². The number of aliphatic hydroxyl groups is 2. The normalized spacial score (nSPS) is 38.2. The van der Waals surface area contributed by atoms with Crippen molar-refractivity contribution in [1.29, 1.82) is 0 Å². The molecular weight excluding hydrogens is 171 g/mol. The number of hydrogen-bond donors (Lipinski definition) is 2. The molecule has 8 heavy (non-hydrogen) atoms. The fourth-order valence-corrected chi connectivity index (χ4v) is 3.21. The first-order valence-corrected chi connectivity index (χ1v) is 4.95. The third-order valence-electron chi connectivity index (χ3n) is 1.35. The topological polar surface area (TPSA) is 40.5 Å². The summed E-state index contributed by atoms with van der Waals surface area (Å²) in [6, 6.07) is 0. The van der Waals surface area contributed by atoms with E-state index in [-0.39, 0.29) is 17.5 Å². The van der Waals surface area contributed by atoms with Crippen LogP contribution in [0.1, 0.15) is 6.42 Å². The van der Waals surface area contributed by atoms with E-state index in [1.54, 1.807) is 0 Å². The summed E-state index contributed by atoms with van der Waals surface area (Å²) in [7, 11) is 0. The van der Waals surface area contributed by atoms with Crippen LogP contribution in [0.15, 0.2) is 0 Å². The Balaban J connectivity index is 2.30. The maximum atomic E-state index is 9.04. The molecule has 1 rings (SSSR count). The van der Waals surface area contributed by atoms with E-state index in [4.69, 9.17) is 10.2 Å². The van der Waals surface area contributed by atoms with Gasteiger partial charge < -0.3 is 0 Å². The van der Waals surface area contributed by atoms with E-state index in [2.05, 4.69) is 0 Å². The van der Waals surface area contributed by atoms with Crippen LogP contribution >= 0.6 is 0 Å². The molecule has 0 radical (unpaired) electrons. The van der Waals surface area contributed by atoms with Crippen LogP contribution < -0.4 is 0 Å². The molecule has 1 aliphatic heterocycles. The summed E-state index contributed by atoms with van der Waals surface area (Å²) in [5.41, 5.74) is 0. The van der Waals surface area contributed by atoms with Crippen LogP contribution in [0.25, 0.3) is 0 Å². The van der Waals surface area contributed by atoms with Crippen molar-refractivity contribution in [2.24, 2.45) is 0 Å². The average Bonchev–Trinajstić information content (AvgIpc) is 2.14. The van der Waals surface area contributed by atoms with Gasteiger partial charge in [-0.1, -0.05) is 0 Å². The molecular formula is C5H10O2Se. The molecule has 1 heterocycles. The first kappa shape index (κ1) is 6.56. The Morgan fingerprint density at radius 1 is 1.62 bits per heavy atom. The van der Waals surface area contributed by atoms with Crippen molar-refractivity contribution in [3.63, 3.8) is 0 Å². The van der Waals surface area contributed by atoms with Gasteiger partial charge in [-0.25, -0.2) is 0 Å². The molecule has 0 spiro atoms. The first-order chi connectivity index (χ1) is 3.84. The Labute approximate surface area is 55.1 Å². The van der Waals surface area contributed by atoms with E-state index in [1.807, 2.05) is 0 Å². The summed E-state index contributed by atoms with van der Waals surface area (Å²) in [5.74, 6) is 0. The number of hydrogen-bond acceptors (Lipinski definition) is 2. The van der Waals surface area contributed by atoms with Crippen molar-refractivity contribution in [3.05, 3.63) is 0 Å². The van der Waals surface area contributed by atoms with Gasteiger partial charge in [0.05, 0.1) is 0 Å². The van der Waals surface area contributed by atoms with Crippen LogP contribution in [-0.2, 0) is 0 Å². The average molecular weight is 181 g/mol. The van der Waals surface area contributed by atoms with Crippen molar-refractivity contribution >= 4 is 15.0 Å². The second-order valence-corrected chi connectivity index (χ2v) is 4.77. The van der Waals surface area contributed by atoms with E-state index in [0.717, 1.165) is 11.7 Å². The molecule has 1 saturated heterocycles. The van der Waals surface area contributed by atoms with Gasteiger partial charge in [0.25, 0.3) is 0 Å². The molecule has 48 valence electrons. The molecule has 0 aromatic heterocycles. The first-order valence-electron chi connectivity index (χ1n) is 2.75. The Kier molecular flexibility index (Phi) is 2.32. The summed E-state index contributed by atoms with van der Waals surface area (Å²) in [4.78, 5) is 0.238. The minimum atomic E-state index is -0.194. The predicted molar refractivity (Wildman–Crippen MR) is 32.0 cm³/mol. The molecule has 0 aromatic carbocycles. The Hall–Kier alpha value is 0.439. The molecule has 0 aliphatic carbocycles. The zero-order valence-corrected chi connectivity index (χ0v) is 6.29. The number of aliphatic hydroxyl groups excluding tert-OH is 2. The van der Waals surface area contributed by atoms with Gasteiger partial charge in [0, 0.05) is 0 Å². The van der Waals surface area contributed by atoms with E-state index in [0.29, 0.717) is 15.0 Å². The maximum absolute atomic E-state index is 9.04. The summed E-state index contributed by atoms with van der Waals surface area (Å²) in [6.45, 7) is 0.182. The summed E-state index contributed by atoms with van der Waals surface area (Å²) >= 11 is 0.508. The Morgan fingerprint density at radius 3 is 2.62 bits per heavy atom. The summed E-state index contributed by atoms with van der Waals surface area (Å²) < 4.78 is 0. The van der Waals surface area contributed by atoms with Crippen molar-refractivity contribution in [3.8, 4) is 0 Å². The summed E-state index contributed by atoms with van der Waals surface area (Å²) in [6.07, 6.45) is 0.714. The van der Waals surface area contributed by atoms with Gasteiger partial charge >= 0.3 is 54.4 Å². The minimum absolute atomic E-state index is 0.182. The molecule has 2 N–H and O–H groups in total. The molecule has 2 atom stereocenters. The molecule has 1 fully saturated rings. The zero-order chi connectivity index (χ0) is 5.98. The van der Waals surface area contributed by atoms with Gasteiger partial charge in [-0.3, -0.25) is 0 Å². The molecule has 0 aromatic rings. The monoisotopic (exact) mass is 182 g/mol. The molecule has 0 bridgehead atoms. The van der Waals surface area contributed by atoms with Gasteiger partial charge in [-0.2, -0.15) is 0 Å². The third kappa shape index (κ3) is 1.23. The second-order valence-electron chi connectivity index (χ2n) is 1.95. The van der Waals surface area contributed by atoms with Crippen LogP contribution in [-0.4, -0.2) is 37.9 Å². The quantitative estimate of drug-likeness (QED) is 0.543. The van der Waals surface area contributed by atoms with Crippen molar-refractivity contribution in [2.45, 2.75) is 22.7 Å². The fraction of sp³-hybridized carbons (Fsp3) is 1.00. The van der Waals surface area contributed by atoms with Gasteiger partial charge in [0.15, 0.2) is 0 Å². The van der Waals surface area contributed by atoms with Crippen LogP contribution in [0.2, 0.25) is 10.1 Å². The molecule has 2 nitrogen and oxygen atoms in total. The molecule has 0 saturated carbocycles. The van der Waals surface area contributed by atoms with Gasteiger partial charge in [0.1, 0.15) is 0 Å². The SMILES string of the molecule is OCC1[Se]CCC1O. The van der Waals surface area contributed by atoms with Crippen molar-refractivity contribution in [1.82, 2.24) is 0 Å². The van der Waals surface area contributed by atoms with Crippen LogP contribution in [0.3, 0.4) is 0 Å². The van der Waals surface area contributed by atoms with Crippen LogP contribution in [0.5, 0.6) is 0 Å². The van der Waals surface area contributed by atoms with E-state index in [1.165, 1.54) is 0 Å². The fourth-order valence-electron chi connectivity index (χ4n) is 0.812. The van der Waals surface area contributed by atoms with Gasteiger partial charge in [-0.05, 0) is 0 Å². The van der Waals surface area contributed by atoms with Crippen LogP contribution in [0, 0.1) is 0 Å². The Bertz CT molecular complexity index is 76.8. The van der Waals surface area contributed by atoms with Crippen molar-refractivity contribution < 1.29 is 10.2 Å². The predicted octanol–water partition coefficient (Wildman–Crippen LogP) is -0.346. The zero-order valence-electron chi connectivity index (χ0n) is 4.58. The van der Waals surface area contributed by atoms with Gasteiger partial charge in [0.2, 0.25) is 0 Å². The molecule has 2 unspecified atom stereocenters. The Morgan fingerprint density at radius 2 is 2.38 bits per heavy atom. The van der Waals surface area contributed by atoms with E-state index >= 15 is 0 Å². The second kappa shape index (κ2) is 2.83. The molecule has 0 amide bonds. The third-order valence-corrected chi connectivity index (χ3v) is 4.21. The standard InChI is InChI=1S/C5H10O2Se/c6-3-5-4(7)1-2-8-5/h4-7H,1-3H2. The van der Waals surface area contributed by atoms with Crippen LogP contribution in [0.4, 0.5) is 0 Å². The number of rotatable bonds is 1. The van der Waals surface area contributed by atoms with E-state index in [9.17, 15) is 0 Å². The van der Waals surface area contributed by atoms with E-state index < -0.39 is 0 Å². The van der Waals surface area contributed by atoms with Crippen molar-refractivity contribution in [2.75, 3.05) is 6.61 Å². The molecule has 1 aliphatic rings.